The first kappa shape index (κ1) is 11.9. The van der Waals surface area contributed by atoms with Gasteiger partial charge in [0.05, 0.1) is 11.5 Å². The summed E-state index contributed by atoms with van der Waals surface area (Å²) >= 11 is 0. The Bertz CT molecular complexity index is 258. The molecule has 2 aliphatic rings. The Balaban J connectivity index is 2.14. The van der Waals surface area contributed by atoms with Gasteiger partial charge in [-0.15, -0.1) is 0 Å². The van der Waals surface area contributed by atoms with E-state index >= 15 is 0 Å². The van der Waals surface area contributed by atoms with Crippen molar-refractivity contribution in [3.05, 3.63) is 0 Å². The average Bonchev–Trinajstić information content (AvgIpc) is 2.30. The van der Waals surface area contributed by atoms with Crippen molar-refractivity contribution in [1.82, 2.24) is 0 Å². The van der Waals surface area contributed by atoms with Crippen molar-refractivity contribution in [3.63, 3.8) is 0 Å². The number of rotatable bonds is 2. The minimum absolute atomic E-state index is 0.225. The van der Waals surface area contributed by atoms with Gasteiger partial charge in [-0.25, -0.2) is 0 Å². The largest absolute Gasteiger partial charge is 0.481 e. The van der Waals surface area contributed by atoms with Crippen LogP contribution in [-0.4, -0.2) is 21.8 Å². The SMILES string of the molecule is O=C(O)[C@H]1CCCC[C@]1(O)C1CCCCC1. The minimum atomic E-state index is -0.912. The smallest absolute Gasteiger partial charge is 0.309 e. The molecule has 2 atom stereocenters. The van der Waals surface area contributed by atoms with Crippen molar-refractivity contribution in [2.45, 2.75) is 63.4 Å². The summed E-state index contributed by atoms with van der Waals surface area (Å²) in [6.45, 7) is 0. The Labute approximate surface area is 96.9 Å². The summed E-state index contributed by atoms with van der Waals surface area (Å²) in [4.78, 5) is 11.3. The molecule has 0 heterocycles. The third-order valence-corrected chi connectivity index (χ3v) is 4.53. The minimum Gasteiger partial charge on any atom is -0.481 e. The van der Waals surface area contributed by atoms with Crippen LogP contribution in [0.3, 0.4) is 0 Å². The third kappa shape index (κ3) is 2.10. The number of hydrogen-bond donors (Lipinski definition) is 2. The molecule has 2 fully saturated rings. The van der Waals surface area contributed by atoms with Gasteiger partial charge in [0.1, 0.15) is 0 Å². The van der Waals surface area contributed by atoms with E-state index in [2.05, 4.69) is 0 Å². The van der Waals surface area contributed by atoms with Crippen LogP contribution in [0.4, 0.5) is 0 Å². The van der Waals surface area contributed by atoms with Crippen molar-refractivity contribution in [3.8, 4) is 0 Å². The van der Waals surface area contributed by atoms with Gasteiger partial charge in [-0.05, 0) is 31.6 Å². The van der Waals surface area contributed by atoms with Crippen LogP contribution >= 0.6 is 0 Å². The molecule has 0 radical (unpaired) electrons. The summed E-state index contributed by atoms with van der Waals surface area (Å²) in [5.41, 5.74) is -0.912. The summed E-state index contributed by atoms with van der Waals surface area (Å²) in [6, 6.07) is 0. The number of hydrogen-bond acceptors (Lipinski definition) is 2. The lowest BCUT2D eigenvalue weighted by Crippen LogP contribution is -2.51. The van der Waals surface area contributed by atoms with Crippen LogP contribution in [0.1, 0.15) is 57.8 Å². The van der Waals surface area contributed by atoms with Crippen molar-refractivity contribution in [1.29, 1.82) is 0 Å². The predicted octanol–water partition coefficient (Wildman–Crippen LogP) is 2.57. The molecule has 2 aliphatic carbocycles. The number of carboxylic acids is 1. The molecule has 3 heteroatoms. The van der Waals surface area contributed by atoms with Crippen molar-refractivity contribution >= 4 is 5.97 Å². The Morgan fingerprint density at radius 2 is 1.62 bits per heavy atom. The molecule has 0 amide bonds. The summed E-state index contributed by atoms with van der Waals surface area (Å²) in [7, 11) is 0. The van der Waals surface area contributed by atoms with E-state index in [4.69, 9.17) is 0 Å². The van der Waals surface area contributed by atoms with E-state index in [1.165, 1.54) is 6.42 Å². The van der Waals surface area contributed by atoms with Gasteiger partial charge in [0.2, 0.25) is 0 Å². The van der Waals surface area contributed by atoms with Gasteiger partial charge >= 0.3 is 5.97 Å². The van der Waals surface area contributed by atoms with Crippen molar-refractivity contribution in [2.24, 2.45) is 11.8 Å². The first-order valence-corrected chi connectivity index (χ1v) is 6.60. The predicted molar refractivity (Wildman–Crippen MR) is 61.1 cm³/mol. The molecule has 0 aromatic rings. The maximum atomic E-state index is 11.3. The molecule has 3 nitrogen and oxygen atoms in total. The van der Waals surface area contributed by atoms with Gasteiger partial charge < -0.3 is 10.2 Å². The van der Waals surface area contributed by atoms with Gasteiger partial charge in [0.25, 0.3) is 0 Å². The van der Waals surface area contributed by atoms with E-state index < -0.39 is 17.5 Å². The molecule has 2 saturated carbocycles. The second-order valence-corrected chi connectivity index (χ2v) is 5.46. The molecule has 0 aliphatic heterocycles. The van der Waals surface area contributed by atoms with Crippen LogP contribution in [-0.2, 0) is 4.79 Å². The average molecular weight is 226 g/mol. The molecule has 0 bridgehead atoms. The fourth-order valence-corrected chi connectivity index (χ4v) is 3.61. The zero-order valence-corrected chi connectivity index (χ0v) is 9.82. The van der Waals surface area contributed by atoms with E-state index in [9.17, 15) is 15.0 Å². The van der Waals surface area contributed by atoms with Gasteiger partial charge in [0.15, 0.2) is 0 Å². The van der Waals surface area contributed by atoms with E-state index in [1.54, 1.807) is 0 Å². The Morgan fingerprint density at radius 1 is 1.00 bits per heavy atom. The summed E-state index contributed by atoms with van der Waals surface area (Å²) < 4.78 is 0. The van der Waals surface area contributed by atoms with Crippen LogP contribution in [0, 0.1) is 11.8 Å². The molecule has 0 aromatic heterocycles. The van der Waals surface area contributed by atoms with Crippen molar-refractivity contribution < 1.29 is 15.0 Å². The maximum Gasteiger partial charge on any atom is 0.309 e. The molecular weight excluding hydrogens is 204 g/mol. The zero-order chi connectivity index (χ0) is 11.6. The standard InChI is InChI=1S/C13H22O3/c14-12(15)11-8-4-5-9-13(11,16)10-6-2-1-3-7-10/h10-11,16H,1-9H2,(H,14,15)/t11-,13+/m1/s1. The molecule has 2 N–H and O–H groups in total. The molecule has 0 spiro atoms. The normalized spacial score (nSPS) is 37.2. The van der Waals surface area contributed by atoms with Crippen LogP contribution in [0.2, 0.25) is 0 Å². The quantitative estimate of drug-likeness (QED) is 0.760. The van der Waals surface area contributed by atoms with Crippen LogP contribution < -0.4 is 0 Å². The molecular formula is C13H22O3. The molecule has 16 heavy (non-hydrogen) atoms. The molecule has 92 valence electrons. The zero-order valence-electron chi connectivity index (χ0n) is 9.82. The maximum absolute atomic E-state index is 11.3. The van der Waals surface area contributed by atoms with E-state index in [1.807, 2.05) is 0 Å². The Kier molecular flexibility index (Phi) is 3.53. The first-order chi connectivity index (χ1) is 7.64. The van der Waals surface area contributed by atoms with Gasteiger partial charge in [0, 0.05) is 0 Å². The fraction of sp³-hybridized carbons (Fsp3) is 0.923. The Hall–Kier alpha value is -0.570. The molecule has 2 rings (SSSR count). The number of aliphatic hydroxyl groups is 1. The van der Waals surface area contributed by atoms with Gasteiger partial charge in [-0.2, -0.15) is 0 Å². The monoisotopic (exact) mass is 226 g/mol. The molecule has 0 unspecified atom stereocenters. The van der Waals surface area contributed by atoms with Crippen LogP contribution in [0.15, 0.2) is 0 Å². The second-order valence-electron chi connectivity index (χ2n) is 5.46. The second kappa shape index (κ2) is 4.74. The lowest BCUT2D eigenvalue weighted by atomic mass is 9.64. The number of carbonyl (C=O) groups is 1. The highest BCUT2D eigenvalue weighted by Crippen LogP contribution is 2.44. The molecule has 0 aromatic carbocycles. The van der Waals surface area contributed by atoms with Crippen molar-refractivity contribution in [2.75, 3.05) is 0 Å². The third-order valence-electron chi connectivity index (χ3n) is 4.53. The summed E-state index contributed by atoms with van der Waals surface area (Å²) in [5, 5.41) is 20.0. The topological polar surface area (TPSA) is 57.5 Å². The van der Waals surface area contributed by atoms with Gasteiger partial charge in [-0.1, -0.05) is 32.1 Å². The van der Waals surface area contributed by atoms with Crippen LogP contribution in [0.25, 0.3) is 0 Å². The summed E-state index contributed by atoms with van der Waals surface area (Å²) in [6.07, 6.45) is 8.85. The van der Waals surface area contributed by atoms with Gasteiger partial charge in [-0.3, -0.25) is 4.79 Å². The Morgan fingerprint density at radius 3 is 2.25 bits per heavy atom. The highest BCUT2D eigenvalue weighted by molar-refractivity contribution is 5.71. The highest BCUT2D eigenvalue weighted by atomic mass is 16.4. The fourth-order valence-electron chi connectivity index (χ4n) is 3.61. The lowest BCUT2D eigenvalue weighted by Gasteiger charge is -2.45. The van der Waals surface area contributed by atoms with E-state index in [-0.39, 0.29) is 5.92 Å². The van der Waals surface area contributed by atoms with E-state index in [0.29, 0.717) is 12.8 Å². The van der Waals surface area contributed by atoms with E-state index in [0.717, 1.165) is 38.5 Å². The molecule has 0 saturated heterocycles. The summed E-state index contributed by atoms with van der Waals surface area (Å²) in [5.74, 6) is -1.10. The van der Waals surface area contributed by atoms with Crippen LogP contribution in [0.5, 0.6) is 0 Å². The first-order valence-electron chi connectivity index (χ1n) is 6.60. The lowest BCUT2D eigenvalue weighted by molar-refractivity contribution is -0.165. The number of carboxylic acid groups (broad SMARTS) is 1. The number of aliphatic carboxylic acids is 1. The highest BCUT2D eigenvalue weighted by Gasteiger charge is 2.48.